The molecule has 1 atom stereocenters. The molecule has 0 aliphatic heterocycles. The molecule has 0 fully saturated rings. The number of alkyl halides is 1. The Bertz CT molecular complexity index is 144. The molecule has 0 radical (unpaired) electrons. The number of Topliss-reactive ketones (excluding diaryl/α,β-unsaturated/α-hetero) is 1. The standard InChI is InChI=1S/C6H9FO3/c1-4(8)6(7)3-10-5(2)9/h6H,3H2,1-2H3. The predicted molar refractivity (Wildman–Crippen MR) is 32.2 cm³/mol. The van der Waals surface area contributed by atoms with Gasteiger partial charge in [-0.15, -0.1) is 0 Å². The molecule has 0 bridgehead atoms. The molecule has 0 saturated heterocycles. The zero-order valence-corrected chi connectivity index (χ0v) is 5.89. The molecule has 0 aromatic rings. The lowest BCUT2D eigenvalue weighted by Gasteiger charge is -2.02. The fourth-order valence-corrected chi connectivity index (χ4v) is 0.308. The SMILES string of the molecule is CC(=O)OCC(F)C(C)=O. The lowest BCUT2D eigenvalue weighted by atomic mass is 10.3. The Labute approximate surface area is 58.2 Å². The van der Waals surface area contributed by atoms with E-state index in [9.17, 15) is 14.0 Å². The molecular weight excluding hydrogens is 139 g/mol. The molecule has 0 aromatic carbocycles. The van der Waals surface area contributed by atoms with Crippen molar-refractivity contribution in [2.75, 3.05) is 6.61 Å². The van der Waals surface area contributed by atoms with Crippen LogP contribution >= 0.6 is 0 Å². The van der Waals surface area contributed by atoms with Gasteiger partial charge in [-0.1, -0.05) is 0 Å². The van der Waals surface area contributed by atoms with Crippen LogP contribution in [0.4, 0.5) is 4.39 Å². The van der Waals surface area contributed by atoms with E-state index in [0.29, 0.717) is 0 Å². The van der Waals surface area contributed by atoms with Crippen molar-refractivity contribution < 1.29 is 18.7 Å². The third kappa shape index (κ3) is 4.00. The van der Waals surface area contributed by atoms with Crippen LogP contribution in [0.15, 0.2) is 0 Å². The summed E-state index contributed by atoms with van der Waals surface area (Å²) >= 11 is 0. The first kappa shape index (κ1) is 9.07. The second kappa shape index (κ2) is 3.98. The van der Waals surface area contributed by atoms with Crippen LogP contribution in [0.3, 0.4) is 0 Å². The van der Waals surface area contributed by atoms with Gasteiger partial charge in [0.2, 0.25) is 0 Å². The van der Waals surface area contributed by atoms with Crippen LogP contribution in [0.5, 0.6) is 0 Å². The highest BCUT2D eigenvalue weighted by Crippen LogP contribution is 1.93. The molecule has 10 heavy (non-hydrogen) atoms. The zero-order valence-electron chi connectivity index (χ0n) is 5.89. The summed E-state index contributed by atoms with van der Waals surface area (Å²) in [6.07, 6.45) is -1.68. The molecule has 0 N–H and O–H groups in total. The molecule has 58 valence electrons. The lowest BCUT2D eigenvalue weighted by molar-refractivity contribution is -0.144. The Hall–Kier alpha value is -0.930. The Morgan fingerprint density at radius 1 is 1.50 bits per heavy atom. The fourth-order valence-electron chi connectivity index (χ4n) is 0.308. The number of halogens is 1. The number of rotatable bonds is 3. The first-order valence-corrected chi connectivity index (χ1v) is 2.82. The van der Waals surface area contributed by atoms with Crippen LogP contribution in [0.1, 0.15) is 13.8 Å². The average Bonchev–Trinajstić information content (AvgIpc) is 1.82. The molecule has 0 rings (SSSR count). The van der Waals surface area contributed by atoms with Crippen molar-refractivity contribution in [2.45, 2.75) is 20.0 Å². The number of carbonyl (C=O) groups is 2. The highest BCUT2D eigenvalue weighted by atomic mass is 19.1. The topological polar surface area (TPSA) is 43.4 Å². The molecule has 0 amide bonds. The molecule has 0 aromatic heterocycles. The minimum absolute atomic E-state index is 0.468. The van der Waals surface area contributed by atoms with E-state index in [1.165, 1.54) is 0 Å². The van der Waals surface area contributed by atoms with Crippen LogP contribution < -0.4 is 0 Å². The van der Waals surface area contributed by atoms with Crippen molar-refractivity contribution in [1.82, 2.24) is 0 Å². The van der Waals surface area contributed by atoms with Crippen molar-refractivity contribution in [2.24, 2.45) is 0 Å². The highest BCUT2D eigenvalue weighted by molar-refractivity contribution is 5.80. The number of hydrogen-bond donors (Lipinski definition) is 0. The van der Waals surface area contributed by atoms with Gasteiger partial charge in [0.1, 0.15) is 6.61 Å². The Kier molecular flexibility index (Phi) is 3.61. The zero-order chi connectivity index (χ0) is 8.15. The summed E-state index contributed by atoms with van der Waals surface area (Å²) in [5.74, 6) is -1.20. The van der Waals surface area contributed by atoms with Crippen molar-refractivity contribution in [1.29, 1.82) is 0 Å². The van der Waals surface area contributed by atoms with Crippen molar-refractivity contribution in [3.05, 3.63) is 0 Å². The minimum atomic E-state index is -1.68. The number of esters is 1. The number of hydrogen-bond acceptors (Lipinski definition) is 3. The van der Waals surface area contributed by atoms with Gasteiger partial charge in [0.25, 0.3) is 0 Å². The first-order chi connectivity index (χ1) is 4.54. The minimum Gasteiger partial charge on any atom is -0.462 e. The first-order valence-electron chi connectivity index (χ1n) is 2.82. The van der Waals surface area contributed by atoms with Gasteiger partial charge in [-0.25, -0.2) is 4.39 Å². The number of ketones is 1. The van der Waals surface area contributed by atoms with Crippen molar-refractivity contribution >= 4 is 11.8 Å². The highest BCUT2D eigenvalue weighted by Gasteiger charge is 2.12. The third-order valence-electron chi connectivity index (χ3n) is 0.874. The quantitative estimate of drug-likeness (QED) is 0.546. The third-order valence-corrected chi connectivity index (χ3v) is 0.874. The Morgan fingerprint density at radius 2 is 2.00 bits per heavy atom. The van der Waals surface area contributed by atoms with Gasteiger partial charge < -0.3 is 4.74 Å². The summed E-state index contributed by atoms with van der Waals surface area (Å²) in [6.45, 7) is 1.80. The molecule has 0 aliphatic rings. The Morgan fingerprint density at radius 3 is 2.30 bits per heavy atom. The van der Waals surface area contributed by atoms with Gasteiger partial charge >= 0.3 is 5.97 Å². The van der Waals surface area contributed by atoms with E-state index >= 15 is 0 Å². The molecule has 0 aliphatic carbocycles. The maximum absolute atomic E-state index is 12.3. The summed E-state index contributed by atoms with van der Waals surface area (Å²) < 4.78 is 16.5. The average molecular weight is 148 g/mol. The summed E-state index contributed by atoms with van der Waals surface area (Å²) in [6, 6.07) is 0. The second-order valence-electron chi connectivity index (χ2n) is 1.88. The largest absolute Gasteiger partial charge is 0.462 e. The van der Waals surface area contributed by atoms with Crippen molar-refractivity contribution in [3.8, 4) is 0 Å². The summed E-state index contributed by atoms with van der Waals surface area (Å²) in [5.41, 5.74) is 0. The van der Waals surface area contributed by atoms with E-state index in [2.05, 4.69) is 4.74 Å². The van der Waals surface area contributed by atoms with E-state index in [1.54, 1.807) is 0 Å². The molecule has 4 heteroatoms. The van der Waals surface area contributed by atoms with E-state index in [4.69, 9.17) is 0 Å². The van der Waals surface area contributed by atoms with Crippen LogP contribution in [0.2, 0.25) is 0 Å². The number of carbonyl (C=O) groups excluding carboxylic acids is 2. The predicted octanol–water partition coefficient (Wildman–Crippen LogP) is 0.477. The van der Waals surface area contributed by atoms with Gasteiger partial charge in [-0.05, 0) is 6.92 Å². The molecule has 1 unspecified atom stereocenters. The van der Waals surface area contributed by atoms with Crippen molar-refractivity contribution in [3.63, 3.8) is 0 Å². The molecule has 0 saturated carbocycles. The van der Waals surface area contributed by atoms with Gasteiger partial charge in [0.05, 0.1) is 0 Å². The number of ether oxygens (including phenoxy) is 1. The summed E-state index contributed by atoms with van der Waals surface area (Å²) in [4.78, 5) is 20.3. The normalized spacial score (nSPS) is 12.3. The fraction of sp³-hybridized carbons (Fsp3) is 0.667. The summed E-state index contributed by atoms with van der Waals surface area (Å²) in [7, 11) is 0. The van der Waals surface area contributed by atoms with E-state index < -0.39 is 24.5 Å². The monoisotopic (exact) mass is 148 g/mol. The summed E-state index contributed by atoms with van der Waals surface area (Å²) in [5, 5.41) is 0. The van der Waals surface area contributed by atoms with Crippen LogP contribution in [0, 0.1) is 0 Å². The van der Waals surface area contributed by atoms with E-state index in [0.717, 1.165) is 13.8 Å². The smallest absolute Gasteiger partial charge is 0.302 e. The van der Waals surface area contributed by atoms with Crippen LogP contribution in [-0.4, -0.2) is 24.5 Å². The van der Waals surface area contributed by atoms with Gasteiger partial charge in [0, 0.05) is 6.92 Å². The maximum Gasteiger partial charge on any atom is 0.302 e. The van der Waals surface area contributed by atoms with Gasteiger partial charge in [-0.2, -0.15) is 0 Å². The second-order valence-corrected chi connectivity index (χ2v) is 1.88. The van der Waals surface area contributed by atoms with Gasteiger partial charge in [0.15, 0.2) is 12.0 Å². The molecule has 0 heterocycles. The van der Waals surface area contributed by atoms with Crippen LogP contribution in [-0.2, 0) is 14.3 Å². The molecular formula is C6H9FO3. The van der Waals surface area contributed by atoms with Gasteiger partial charge in [-0.3, -0.25) is 9.59 Å². The molecule has 3 nitrogen and oxygen atoms in total. The van der Waals surface area contributed by atoms with E-state index in [1.807, 2.05) is 0 Å². The van der Waals surface area contributed by atoms with E-state index in [-0.39, 0.29) is 0 Å². The maximum atomic E-state index is 12.3. The Balaban J connectivity index is 3.49. The van der Waals surface area contributed by atoms with Crippen LogP contribution in [0.25, 0.3) is 0 Å². The lowest BCUT2D eigenvalue weighted by Crippen LogP contribution is -2.20. The molecule has 0 spiro atoms.